The van der Waals surface area contributed by atoms with E-state index in [2.05, 4.69) is 11.9 Å². The van der Waals surface area contributed by atoms with Gasteiger partial charge in [0.2, 0.25) is 0 Å². The highest BCUT2D eigenvalue weighted by atomic mass is 16.3. The molecule has 0 saturated carbocycles. The molecule has 16 heavy (non-hydrogen) atoms. The van der Waals surface area contributed by atoms with Crippen molar-refractivity contribution in [3.63, 3.8) is 0 Å². The van der Waals surface area contributed by atoms with Gasteiger partial charge in [0.05, 0.1) is 11.1 Å². The molecule has 1 aromatic carbocycles. The number of benzene rings is 1. The van der Waals surface area contributed by atoms with Gasteiger partial charge in [0.1, 0.15) is 0 Å². The Labute approximate surface area is 96.0 Å². The number of hydrogen-bond donors (Lipinski definition) is 1. The first kappa shape index (κ1) is 11.1. The van der Waals surface area contributed by atoms with Gasteiger partial charge in [-0.3, -0.25) is 4.98 Å². The largest absolute Gasteiger partial charge is 0.385 e. The Morgan fingerprint density at radius 1 is 1.31 bits per heavy atom. The van der Waals surface area contributed by atoms with Crippen molar-refractivity contribution in [2.45, 2.75) is 32.3 Å². The molecule has 0 aliphatic heterocycles. The van der Waals surface area contributed by atoms with Crippen LogP contribution in [0.4, 0.5) is 0 Å². The van der Waals surface area contributed by atoms with Crippen LogP contribution in [0, 0.1) is 0 Å². The first-order valence-electron chi connectivity index (χ1n) is 5.71. The normalized spacial score (nSPS) is 14.9. The van der Waals surface area contributed by atoms with Crippen LogP contribution in [0.2, 0.25) is 0 Å². The van der Waals surface area contributed by atoms with E-state index in [4.69, 9.17) is 0 Å². The third-order valence-corrected chi connectivity index (χ3v) is 2.95. The van der Waals surface area contributed by atoms with Crippen LogP contribution in [0.3, 0.4) is 0 Å². The second-order valence-corrected chi connectivity index (χ2v) is 4.44. The zero-order valence-corrected chi connectivity index (χ0v) is 9.77. The predicted molar refractivity (Wildman–Crippen MR) is 66.2 cm³/mol. The lowest BCUT2D eigenvalue weighted by Crippen LogP contribution is -2.20. The smallest absolute Gasteiger partial charge is 0.0883 e. The van der Waals surface area contributed by atoms with Gasteiger partial charge in [0.25, 0.3) is 0 Å². The zero-order chi connectivity index (χ0) is 11.6. The summed E-state index contributed by atoms with van der Waals surface area (Å²) in [5.74, 6) is 0. The molecule has 1 N–H and O–H groups in total. The minimum atomic E-state index is -0.772. The molecule has 2 nitrogen and oxygen atoms in total. The minimum Gasteiger partial charge on any atom is -0.385 e. The monoisotopic (exact) mass is 215 g/mol. The van der Waals surface area contributed by atoms with Gasteiger partial charge in [0.15, 0.2) is 0 Å². The molecule has 0 spiro atoms. The van der Waals surface area contributed by atoms with Crippen molar-refractivity contribution in [1.29, 1.82) is 0 Å². The van der Waals surface area contributed by atoms with Crippen LogP contribution in [0.15, 0.2) is 36.5 Å². The molecule has 2 rings (SSSR count). The highest BCUT2D eigenvalue weighted by Gasteiger charge is 2.22. The van der Waals surface area contributed by atoms with Gasteiger partial charge in [-0.05, 0) is 25.5 Å². The van der Waals surface area contributed by atoms with Gasteiger partial charge in [-0.15, -0.1) is 0 Å². The molecule has 0 amide bonds. The highest BCUT2D eigenvalue weighted by molar-refractivity contribution is 5.78. The van der Waals surface area contributed by atoms with Crippen molar-refractivity contribution in [3.8, 4) is 0 Å². The van der Waals surface area contributed by atoms with Crippen LogP contribution in [-0.2, 0) is 5.60 Å². The number of fused-ring (bicyclic) bond motifs is 1. The second-order valence-electron chi connectivity index (χ2n) is 4.44. The number of aromatic nitrogens is 1. The molecule has 84 valence electrons. The summed E-state index contributed by atoms with van der Waals surface area (Å²) in [6.07, 6.45) is 3.49. The molecule has 0 fully saturated rings. The Balaban J connectivity index is 2.46. The van der Waals surface area contributed by atoms with Gasteiger partial charge in [-0.25, -0.2) is 0 Å². The van der Waals surface area contributed by atoms with E-state index in [0.29, 0.717) is 0 Å². The van der Waals surface area contributed by atoms with E-state index in [1.54, 1.807) is 6.20 Å². The first-order valence-corrected chi connectivity index (χ1v) is 5.71. The number of pyridine rings is 1. The van der Waals surface area contributed by atoms with E-state index < -0.39 is 5.60 Å². The minimum absolute atomic E-state index is 0.757. The summed E-state index contributed by atoms with van der Waals surface area (Å²) in [7, 11) is 0. The fraction of sp³-hybridized carbons (Fsp3) is 0.357. The lowest BCUT2D eigenvalue weighted by atomic mass is 9.92. The SMILES string of the molecule is CCCC(C)(O)c1cnc2ccccc2c1. The third-order valence-electron chi connectivity index (χ3n) is 2.95. The van der Waals surface area contributed by atoms with Crippen molar-refractivity contribution in [2.24, 2.45) is 0 Å². The molecule has 0 aliphatic carbocycles. The summed E-state index contributed by atoms with van der Waals surface area (Å²) < 4.78 is 0. The summed E-state index contributed by atoms with van der Waals surface area (Å²) in [5, 5.41) is 11.4. The van der Waals surface area contributed by atoms with Crippen LogP contribution in [0.5, 0.6) is 0 Å². The number of nitrogens with zero attached hydrogens (tertiary/aromatic N) is 1. The van der Waals surface area contributed by atoms with Gasteiger partial charge >= 0.3 is 0 Å². The van der Waals surface area contributed by atoms with Gasteiger partial charge < -0.3 is 5.11 Å². The second kappa shape index (κ2) is 4.22. The van der Waals surface area contributed by atoms with Gasteiger partial charge in [-0.2, -0.15) is 0 Å². The summed E-state index contributed by atoms with van der Waals surface area (Å²) in [6.45, 7) is 3.92. The van der Waals surface area contributed by atoms with E-state index in [1.807, 2.05) is 37.3 Å². The fourth-order valence-electron chi connectivity index (χ4n) is 2.00. The number of hydrogen-bond acceptors (Lipinski definition) is 2. The Morgan fingerprint density at radius 2 is 2.06 bits per heavy atom. The summed E-state index contributed by atoms with van der Waals surface area (Å²) in [6, 6.07) is 9.99. The average Bonchev–Trinajstić information content (AvgIpc) is 2.28. The number of para-hydroxylation sites is 1. The molecule has 0 saturated heterocycles. The molecule has 1 heterocycles. The maximum atomic E-state index is 10.3. The Hall–Kier alpha value is -1.41. The quantitative estimate of drug-likeness (QED) is 0.852. The number of aliphatic hydroxyl groups is 1. The van der Waals surface area contributed by atoms with Crippen molar-refractivity contribution in [2.75, 3.05) is 0 Å². The van der Waals surface area contributed by atoms with Gasteiger partial charge in [-0.1, -0.05) is 31.5 Å². The fourth-order valence-corrected chi connectivity index (χ4v) is 2.00. The maximum absolute atomic E-state index is 10.3. The van der Waals surface area contributed by atoms with Crippen LogP contribution in [0.1, 0.15) is 32.3 Å². The third kappa shape index (κ3) is 2.07. The molecule has 0 bridgehead atoms. The molecule has 2 heteroatoms. The first-order chi connectivity index (χ1) is 7.63. The van der Waals surface area contributed by atoms with E-state index >= 15 is 0 Å². The van der Waals surface area contributed by atoms with Gasteiger partial charge in [0, 0.05) is 17.1 Å². The Kier molecular flexibility index (Phi) is 2.92. The lowest BCUT2D eigenvalue weighted by molar-refractivity contribution is 0.0468. The molecule has 1 aromatic heterocycles. The van der Waals surface area contributed by atoms with Crippen LogP contribution in [0.25, 0.3) is 10.9 Å². The topological polar surface area (TPSA) is 33.1 Å². The van der Waals surface area contributed by atoms with Crippen LogP contribution < -0.4 is 0 Å². The van der Waals surface area contributed by atoms with Crippen LogP contribution >= 0.6 is 0 Å². The molecular weight excluding hydrogens is 198 g/mol. The lowest BCUT2D eigenvalue weighted by Gasteiger charge is -2.23. The molecule has 2 aromatic rings. The summed E-state index contributed by atoms with van der Waals surface area (Å²) in [5.41, 5.74) is 1.10. The van der Waals surface area contributed by atoms with Crippen molar-refractivity contribution in [1.82, 2.24) is 4.98 Å². The van der Waals surface area contributed by atoms with E-state index in [0.717, 1.165) is 29.3 Å². The zero-order valence-electron chi connectivity index (χ0n) is 9.77. The van der Waals surface area contributed by atoms with E-state index in [1.165, 1.54) is 0 Å². The number of rotatable bonds is 3. The summed E-state index contributed by atoms with van der Waals surface area (Å²) >= 11 is 0. The van der Waals surface area contributed by atoms with Crippen molar-refractivity contribution >= 4 is 10.9 Å². The van der Waals surface area contributed by atoms with Crippen molar-refractivity contribution < 1.29 is 5.11 Å². The predicted octanol–water partition coefficient (Wildman–Crippen LogP) is 3.24. The molecule has 1 atom stereocenters. The molecule has 0 radical (unpaired) electrons. The van der Waals surface area contributed by atoms with E-state index in [-0.39, 0.29) is 0 Å². The maximum Gasteiger partial charge on any atom is 0.0883 e. The van der Waals surface area contributed by atoms with Crippen LogP contribution in [-0.4, -0.2) is 10.1 Å². The average molecular weight is 215 g/mol. The summed E-state index contributed by atoms with van der Waals surface area (Å²) in [4.78, 5) is 4.37. The standard InChI is InChI=1S/C14H17NO/c1-3-8-14(2,16)12-9-11-6-4-5-7-13(11)15-10-12/h4-7,9-10,16H,3,8H2,1-2H3. The molecule has 0 aliphatic rings. The Bertz CT molecular complexity index is 491. The molecule has 1 unspecified atom stereocenters. The van der Waals surface area contributed by atoms with Crippen molar-refractivity contribution in [3.05, 3.63) is 42.1 Å². The molecular formula is C14H17NO. The Morgan fingerprint density at radius 3 is 2.81 bits per heavy atom. The highest BCUT2D eigenvalue weighted by Crippen LogP contribution is 2.27. The van der Waals surface area contributed by atoms with E-state index in [9.17, 15) is 5.11 Å².